The minimum atomic E-state index is -0.534. The Balaban J connectivity index is 1.53. The molecule has 1 aliphatic heterocycles. The lowest BCUT2D eigenvalue weighted by Gasteiger charge is -2.36. The lowest BCUT2D eigenvalue weighted by molar-refractivity contribution is -0.245. The molecule has 0 unspecified atom stereocenters. The van der Waals surface area contributed by atoms with E-state index in [1.807, 2.05) is 55.5 Å². The number of hydrogen-bond donors (Lipinski definition) is 4. The van der Waals surface area contributed by atoms with Gasteiger partial charge in [0, 0.05) is 36.6 Å². The normalized spacial score (nSPS) is 19.2. The van der Waals surface area contributed by atoms with Crippen LogP contribution in [0.4, 0.5) is 4.79 Å². The Morgan fingerprint density at radius 1 is 0.921 bits per heavy atom. The van der Waals surface area contributed by atoms with Gasteiger partial charge in [0.15, 0.2) is 6.29 Å². The quantitative estimate of drug-likeness (QED) is 0.259. The van der Waals surface area contributed by atoms with Crippen molar-refractivity contribution in [3.05, 3.63) is 95.1 Å². The van der Waals surface area contributed by atoms with Gasteiger partial charge in [-0.1, -0.05) is 60.7 Å². The number of benzene rings is 3. The first-order chi connectivity index (χ1) is 18.6. The number of nitrogens with one attached hydrogen (secondary N) is 2. The molecule has 0 bridgehead atoms. The third kappa shape index (κ3) is 7.82. The van der Waals surface area contributed by atoms with E-state index in [0.717, 1.165) is 39.1 Å². The first-order valence-electron chi connectivity index (χ1n) is 13.0. The number of amides is 2. The van der Waals surface area contributed by atoms with Gasteiger partial charge in [-0.2, -0.15) is 11.8 Å². The topological polar surface area (TPSA) is 100 Å². The van der Waals surface area contributed by atoms with Crippen LogP contribution in [0.25, 0.3) is 11.1 Å². The predicted octanol–water partition coefficient (Wildman–Crippen LogP) is 4.94. The third-order valence-corrected chi connectivity index (χ3v) is 7.44. The number of rotatable bonds is 11. The minimum absolute atomic E-state index is 0.00789. The van der Waals surface area contributed by atoms with Crippen molar-refractivity contribution in [2.45, 2.75) is 45.0 Å². The molecule has 1 aliphatic rings. The van der Waals surface area contributed by atoms with Crippen LogP contribution in [0.2, 0.25) is 0 Å². The van der Waals surface area contributed by atoms with E-state index in [1.54, 1.807) is 11.8 Å². The van der Waals surface area contributed by atoms with Crippen LogP contribution in [0, 0.1) is 0 Å². The molecule has 7 nitrogen and oxygen atoms in total. The molecule has 0 radical (unpaired) electrons. The summed E-state index contributed by atoms with van der Waals surface area (Å²) in [4.78, 5) is 11.8. The highest BCUT2D eigenvalue weighted by molar-refractivity contribution is 7.99. The second-order valence-electron chi connectivity index (χ2n) is 9.19. The molecule has 8 heteroatoms. The van der Waals surface area contributed by atoms with Crippen LogP contribution in [-0.2, 0) is 22.6 Å². The molecule has 0 aliphatic carbocycles. The van der Waals surface area contributed by atoms with Crippen molar-refractivity contribution in [3.8, 4) is 11.1 Å². The van der Waals surface area contributed by atoms with Crippen LogP contribution in [0.15, 0.2) is 72.8 Å². The first kappa shape index (κ1) is 28.1. The smallest absolute Gasteiger partial charge is 0.315 e. The molecule has 4 N–H and O–H groups in total. The summed E-state index contributed by atoms with van der Waals surface area (Å²) in [5.74, 6) is 1.44. The molecule has 4 rings (SSSR count). The lowest BCUT2D eigenvalue weighted by atomic mass is 9.99. The Labute approximate surface area is 228 Å². The molecule has 1 fully saturated rings. The van der Waals surface area contributed by atoms with Gasteiger partial charge in [0.05, 0.1) is 25.4 Å². The minimum Gasteiger partial charge on any atom is -0.396 e. The number of thioether (sulfide) groups is 1. The van der Waals surface area contributed by atoms with Gasteiger partial charge in [0.1, 0.15) is 0 Å². The van der Waals surface area contributed by atoms with Crippen molar-refractivity contribution in [2.24, 2.45) is 0 Å². The van der Waals surface area contributed by atoms with Crippen LogP contribution in [0.3, 0.4) is 0 Å². The molecular weight excluding hydrogens is 500 g/mol. The van der Waals surface area contributed by atoms with E-state index in [0.29, 0.717) is 25.3 Å². The van der Waals surface area contributed by atoms with E-state index in [-0.39, 0.29) is 31.5 Å². The van der Waals surface area contributed by atoms with E-state index < -0.39 is 6.29 Å². The maximum Gasteiger partial charge on any atom is 0.315 e. The van der Waals surface area contributed by atoms with Crippen molar-refractivity contribution >= 4 is 17.8 Å². The molecule has 3 aromatic carbocycles. The Hall–Kier alpha value is -2.88. The van der Waals surface area contributed by atoms with Crippen molar-refractivity contribution in [1.29, 1.82) is 0 Å². The zero-order chi connectivity index (χ0) is 26.7. The number of carbonyl (C=O) groups is 1. The van der Waals surface area contributed by atoms with Gasteiger partial charge in [-0.15, -0.1) is 0 Å². The fourth-order valence-electron chi connectivity index (χ4n) is 4.43. The molecule has 3 aromatic rings. The number of aliphatic hydroxyl groups excluding tert-OH is 2. The molecule has 1 saturated heterocycles. The summed E-state index contributed by atoms with van der Waals surface area (Å²) >= 11 is 1.67. The summed E-state index contributed by atoms with van der Waals surface area (Å²) in [6.45, 7) is 3.06. The fraction of sp³-hybridized carbons (Fsp3) is 0.367. The van der Waals surface area contributed by atoms with Gasteiger partial charge in [0.2, 0.25) is 0 Å². The largest absolute Gasteiger partial charge is 0.396 e. The maximum absolute atomic E-state index is 11.8. The highest BCUT2D eigenvalue weighted by Crippen LogP contribution is 2.39. The molecule has 202 valence electrons. The van der Waals surface area contributed by atoms with E-state index in [2.05, 4.69) is 34.9 Å². The van der Waals surface area contributed by atoms with Gasteiger partial charge >= 0.3 is 6.03 Å². The maximum atomic E-state index is 11.8. The number of hydrogen-bond acceptors (Lipinski definition) is 6. The summed E-state index contributed by atoms with van der Waals surface area (Å²) in [7, 11) is 0. The average molecular weight is 537 g/mol. The van der Waals surface area contributed by atoms with E-state index >= 15 is 0 Å². The van der Waals surface area contributed by atoms with Gasteiger partial charge in [-0.05, 0) is 46.9 Å². The van der Waals surface area contributed by atoms with E-state index in [4.69, 9.17) is 9.47 Å². The van der Waals surface area contributed by atoms with Gasteiger partial charge < -0.3 is 30.3 Å². The van der Waals surface area contributed by atoms with Crippen molar-refractivity contribution in [3.63, 3.8) is 0 Å². The molecule has 1 heterocycles. The van der Waals surface area contributed by atoms with Gasteiger partial charge in [-0.3, -0.25) is 0 Å². The summed E-state index contributed by atoms with van der Waals surface area (Å²) in [6, 6.07) is 24.0. The Morgan fingerprint density at radius 3 is 2.42 bits per heavy atom. The highest BCUT2D eigenvalue weighted by Gasteiger charge is 2.32. The molecular formula is C30H36N2O5S. The number of aliphatic hydroxyl groups is 2. The van der Waals surface area contributed by atoms with Gasteiger partial charge in [0.25, 0.3) is 0 Å². The Bertz CT molecular complexity index is 1170. The van der Waals surface area contributed by atoms with Crippen molar-refractivity contribution in [1.82, 2.24) is 10.6 Å². The molecule has 38 heavy (non-hydrogen) atoms. The SMILES string of the molecule is CCNC(=O)NCc1cccc(-c2cccc([C@@H]3O[C@H](CSCCO)C[C@H](c4ccc(CO)cc4)O3)c2)c1. The number of carbonyl (C=O) groups excluding carboxylic acids is 1. The predicted molar refractivity (Wildman–Crippen MR) is 151 cm³/mol. The Kier molecular flexibility index (Phi) is 10.6. The first-order valence-corrected chi connectivity index (χ1v) is 14.1. The van der Waals surface area contributed by atoms with Crippen molar-refractivity contribution < 1.29 is 24.5 Å². The van der Waals surface area contributed by atoms with E-state index in [1.165, 1.54) is 0 Å². The fourth-order valence-corrected chi connectivity index (χ4v) is 5.21. The number of urea groups is 1. The molecule has 3 atom stereocenters. The average Bonchev–Trinajstić information content (AvgIpc) is 2.96. The summed E-state index contributed by atoms with van der Waals surface area (Å²) in [5.41, 5.74) is 5.94. The second-order valence-corrected chi connectivity index (χ2v) is 10.3. The van der Waals surface area contributed by atoms with Crippen LogP contribution >= 0.6 is 11.8 Å². The second kappa shape index (κ2) is 14.3. The Morgan fingerprint density at radius 2 is 1.68 bits per heavy atom. The van der Waals surface area contributed by atoms with Crippen molar-refractivity contribution in [2.75, 3.05) is 24.7 Å². The van der Waals surface area contributed by atoms with Crippen LogP contribution in [-0.4, -0.2) is 47.0 Å². The molecule has 0 aromatic heterocycles. The monoisotopic (exact) mass is 536 g/mol. The summed E-state index contributed by atoms with van der Waals surface area (Å²) in [6.07, 6.45) is 0.00974. The molecule has 2 amide bonds. The van der Waals surface area contributed by atoms with E-state index in [9.17, 15) is 15.0 Å². The molecule has 0 spiro atoms. The third-order valence-electron chi connectivity index (χ3n) is 6.36. The van der Waals surface area contributed by atoms with Crippen LogP contribution < -0.4 is 10.6 Å². The zero-order valence-electron chi connectivity index (χ0n) is 21.6. The highest BCUT2D eigenvalue weighted by atomic mass is 32.2. The zero-order valence-corrected chi connectivity index (χ0v) is 22.5. The summed E-state index contributed by atoms with van der Waals surface area (Å²) in [5, 5.41) is 24.2. The van der Waals surface area contributed by atoms with Gasteiger partial charge in [-0.25, -0.2) is 4.79 Å². The summed E-state index contributed by atoms with van der Waals surface area (Å²) < 4.78 is 12.9. The number of ether oxygens (including phenoxy) is 2. The lowest BCUT2D eigenvalue weighted by Crippen LogP contribution is -2.34. The van der Waals surface area contributed by atoms with Crippen LogP contribution in [0.1, 0.15) is 48.0 Å². The van der Waals surface area contributed by atoms with Crippen LogP contribution in [0.5, 0.6) is 0 Å². The molecule has 0 saturated carbocycles. The standard InChI is InChI=1S/C30H36N2O5S/c1-2-31-30(35)32-18-22-5-3-6-24(15-22)25-7-4-8-26(16-25)29-36-27(20-38-14-13-33)17-28(37-29)23-11-9-21(19-34)10-12-23/h3-12,15-16,27-29,33-34H,2,13-14,17-20H2,1H3,(H2,31,32,35)/t27-,28+,29+/m0/s1.